The van der Waals surface area contributed by atoms with Crippen molar-refractivity contribution in [1.82, 2.24) is 20.1 Å². The molecule has 0 aliphatic heterocycles. The summed E-state index contributed by atoms with van der Waals surface area (Å²) < 4.78 is 2.32. The number of hydrogen-bond donors (Lipinski definition) is 1. The highest BCUT2D eigenvalue weighted by Crippen LogP contribution is 2.46. The number of hydrogen-bond acceptors (Lipinski definition) is 4. The van der Waals surface area contributed by atoms with Crippen LogP contribution in [0, 0.1) is 11.8 Å². The van der Waals surface area contributed by atoms with Crippen LogP contribution in [0.2, 0.25) is 0 Å². The second-order valence-electron chi connectivity index (χ2n) is 7.95. The van der Waals surface area contributed by atoms with Gasteiger partial charge in [0, 0.05) is 18.0 Å². The molecule has 3 aliphatic carbocycles. The van der Waals surface area contributed by atoms with Crippen LogP contribution >= 0.6 is 11.8 Å². The number of nitrogens with zero attached hydrogens (tertiary/aromatic N) is 3. The number of carbonyl (C=O) groups is 1. The molecule has 0 saturated heterocycles. The highest BCUT2D eigenvalue weighted by molar-refractivity contribution is 7.99. The Balaban J connectivity index is 1.34. The molecule has 6 heteroatoms. The van der Waals surface area contributed by atoms with Gasteiger partial charge in [0.1, 0.15) is 5.82 Å². The van der Waals surface area contributed by atoms with E-state index in [2.05, 4.69) is 33.9 Å². The lowest BCUT2D eigenvalue weighted by Gasteiger charge is -2.34. The van der Waals surface area contributed by atoms with Crippen molar-refractivity contribution in [3.8, 4) is 0 Å². The number of rotatable bonds is 6. The van der Waals surface area contributed by atoms with E-state index in [4.69, 9.17) is 0 Å². The van der Waals surface area contributed by atoms with Crippen LogP contribution < -0.4 is 5.32 Å². The molecular formula is C18H28N4OS. The Morgan fingerprint density at radius 2 is 1.96 bits per heavy atom. The summed E-state index contributed by atoms with van der Waals surface area (Å²) in [6.45, 7) is 4.57. The maximum atomic E-state index is 12.4. The zero-order valence-corrected chi connectivity index (χ0v) is 15.5. The Kier molecular flexibility index (Phi) is 4.58. The molecular weight excluding hydrogens is 320 g/mol. The third-order valence-electron chi connectivity index (χ3n) is 5.93. The molecule has 132 valence electrons. The van der Waals surface area contributed by atoms with Crippen molar-refractivity contribution in [2.75, 3.05) is 5.75 Å². The average Bonchev–Trinajstić information content (AvgIpc) is 3.48. The molecule has 0 unspecified atom stereocenters. The van der Waals surface area contributed by atoms with Crippen molar-refractivity contribution in [2.45, 2.75) is 82.0 Å². The van der Waals surface area contributed by atoms with E-state index in [1.807, 2.05) is 0 Å². The molecule has 1 N–H and O–H groups in total. The fourth-order valence-electron chi connectivity index (χ4n) is 3.85. The molecule has 3 fully saturated rings. The highest BCUT2D eigenvalue weighted by Gasteiger charge is 2.36. The monoisotopic (exact) mass is 348 g/mol. The largest absolute Gasteiger partial charge is 0.352 e. The first kappa shape index (κ1) is 16.4. The zero-order valence-electron chi connectivity index (χ0n) is 14.7. The first-order valence-electron chi connectivity index (χ1n) is 9.50. The number of amides is 1. The fourth-order valence-corrected chi connectivity index (χ4v) is 4.67. The van der Waals surface area contributed by atoms with Crippen molar-refractivity contribution in [3.63, 3.8) is 0 Å². The van der Waals surface area contributed by atoms with Gasteiger partial charge in [-0.25, -0.2) is 0 Å². The molecule has 0 bridgehead atoms. The SMILES string of the molecule is C[C@H]1[C@@H](NC(=O)CSc2nnc(C3CC3)n2C2CC2)CCC[C@@H]1C. The van der Waals surface area contributed by atoms with Crippen LogP contribution in [0.1, 0.15) is 76.6 Å². The quantitative estimate of drug-likeness (QED) is 0.799. The molecule has 1 amide bonds. The van der Waals surface area contributed by atoms with Crippen molar-refractivity contribution >= 4 is 17.7 Å². The van der Waals surface area contributed by atoms with Crippen molar-refractivity contribution in [2.24, 2.45) is 11.8 Å². The third kappa shape index (κ3) is 3.48. The van der Waals surface area contributed by atoms with Gasteiger partial charge in [-0.1, -0.05) is 38.5 Å². The van der Waals surface area contributed by atoms with Crippen LogP contribution in [0.15, 0.2) is 5.16 Å². The summed E-state index contributed by atoms with van der Waals surface area (Å²) >= 11 is 1.56. The Morgan fingerprint density at radius 3 is 2.67 bits per heavy atom. The maximum absolute atomic E-state index is 12.4. The van der Waals surface area contributed by atoms with Crippen molar-refractivity contribution in [3.05, 3.63) is 5.82 Å². The molecule has 0 radical (unpaired) electrons. The molecule has 0 spiro atoms. The van der Waals surface area contributed by atoms with Gasteiger partial charge >= 0.3 is 0 Å². The number of aromatic nitrogens is 3. The predicted octanol–water partition coefficient (Wildman–Crippen LogP) is 3.52. The van der Waals surface area contributed by atoms with Gasteiger partial charge in [0.2, 0.25) is 5.91 Å². The van der Waals surface area contributed by atoms with Crippen LogP contribution in [-0.4, -0.2) is 32.5 Å². The Bertz CT molecular complexity index is 608. The number of nitrogens with one attached hydrogen (secondary N) is 1. The third-order valence-corrected chi connectivity index (χ3v) is 6.87. The summed E-state index contributed by atoms with van der Waals surface area (Å²) in [4.78, 5) is 12.4. The van der Waals surface area contributed by atoms with E-state index >= 15 is 0 Å². The van der Waals surface area contributed by atoms with E-state index < -0.39 is 0 Å². The Morgan fingerprint density at radius 1 is 1.17 bits per heavy atom. The van der Waals surface area contributed by atoms with Crippen LogP contribution in [0.3, 0.4) is 0 Å². The lowest BCUT2D eigenvalue weighted by molar-refractivity contribution is -0.120. The van der Waals surface area contributed by atoms with Crippen LogP contribution in [0.25, 0.3) is 0 Å². The fraction of sp³-hybridized carbons (Fsp3) is 0.833. The van der Waals surface area contributed by atoms with E-state index in [0.717, 1.165) is 17.4 Å². The van der Waals surface area contributed by atoms with Crippen molar-refractivity contribution in [1.29, 1.82) is 0 Å². The summed E-state index contributed by atoms with van der Waals surface area (Å²) in [6, 6.07) is 0.922. The molecule has 3 atom stereocenters. The van der Waals surface area contributed by atoms with E-state index in [1.165, 1.54) is 38.5 Å². The summed E-state index contributed by atoms with van der Waals surface area (Å²) in [6.07, 6.45) is 8.58. The molecule has 3 saturated carbocycles. The topological polar surface area (TPSA) is 59.8 Å². The number of thioether (sulfide) groups is 1. The van der Waals surface area contributed by atoms with Crippen molar-refractivity contribution < 1.29 is 4.79 Å². The van der Waals surface area contributed by atoms with E-state index in [1.54, 1.807) is 11.8 Å². The van der Waals surface area contributed by atoms with Crippen LogP contribution in [-0.2, 0) is 4.79 Å². The normalized spacial score (nSPS) is 30.3. The smallest absolute Gasteiger partial charge is 0.230 e. The van der Waals surface area contributed by atoms with E-state index in [0.29, 0.717) is 35.6 Å². The van der Waals surface area contributed by atoms with Gasteiger partial charge in [0.15, 0.2) is 5.16 Å². The van der Waals surface area contributed by atoms with E-state index in [-0.39, 0.29) is 5.91 Å². The predicted molar refractivity (Wildman–Crippen MR) is 95.1 cm³/mol. The standard InChI is InChI=1S/C18H28N4OS/c1-11-4-3-5-15(12(11)2)19-16(23)10-24-18-21-20-17(13-6-7-13)22(18)14-8-9-14/h11-15H,3-10H2,1-2H3,(H,19,23)/t11-,12+,15-/m0/s1. The second-order valence-corrected chi connectivity index (χ2v) is 8.89. The van der Waals surface area contributed by atoms with Gasteiger partial charge in [-0.2, -0.15) is 0 Å². The summed E-state index contributed by atoms with van der Waals surface area (Å²) in [5.41, 5.74) is 0. The van der Waals surface area contributed by atoms with Crippen LogP contribution in [0.4, 0.5) is 0 Å². The van der Waals surface area contributed by atoms with Gasteiger partial charge in [-0.15, -0.1) is 10.2 Å². The minimum absolute atomic E-state index is 0.143. The molecule has 1 aromatic heterocycles. The van der Waals surface area contributed by atoms with Crippen LogP contribution in [0.5, 0.6) is 0 Å². The first-order valence-corrected chi connectivity index (χ1v) is 10.5. The Hall–Kier alpha value is -1.04. The zero-order chi connectivity index (χ0) is 16.7. The molecule has 0 aromatic carbocycles. The average molecular weight is 349 g/mol. The van der Waals surface area contributed by atoms with Gasteiger partial charge in [-0.3, -0.25) is 4.79 Å². The summed E-state index contributed by atoms with van der Waals surface area (Å²) in [7, 11) is 0. The highest BCUT2D eigenvalue weighted by atomic mass is 32.2. The maximum Gasteiger partial charge on any atom is 0.230 e. The van der Waals surface area contributed by atoms with Gasteiger partial charge in [-0.05, 0) is 43.9 Å². The first-order chi connectivity index (χ1) is 11.6. The molecule has 1 aromatic rings. The van der Waals surface area contributed by atoms with Gasteiger partial charge in [0.25, 0.3) is 0 Å². The van der Waals surface area contributed by atoms with Gasteiger partial charge < -0.3 is 9.88 Å². The molecule has 3 aliphatic rings. The minimum atomic E-state index is 0.143. The summed E-state index contributed by atoms with van der Waals surface area (Å²) in [5.74, 6) is 3.65. The lowest BCUT2D eigenvalue weighted by Crippen LogP contribution is -2.44. The molecule has 24 heavy (non-hydrogen) atoms. The second kappa shape index (κ2) is 6.70. The Labute approximate surface area is 148 Å². The number of carbonyl (C=O) groups excluding carboxylic acids is 1. The molecule has 4 rings (SSSR count). The molecule has 1 heterocycles. The summed E-state index contributed by atoms with van der Waals surface area (Å²) in [5, 5.41) is 13.0. The minimum Gasteiger partial charge on any atom is -0.352 e. The van der Waals surface area contributed by atoms with Gasteiger partial charge in [0.05, 0.1) is 5.75 Å². The lowest BCUT2D eigenvalue weighted by atomic mass is 9.78. The van der Waals surface area contributed by atoms with E-state index in [9.17, 15) is 4.79 Å². The molecule has 5 nitrogen and oxygen atoms in total.